The van der Waals surface area contributed by atoms with Crippen molar-refractivity contribution in [3.63, 3.8) is 0 Å². The first-order valence-corrected chi connectivity index (χ1v) is 7.91. The summed E-state index contributed by atoms with van der Waals surface area (Å²) in [6, 6.07) is 16.3. The number of hydrogen-bond acceptors (Lipinski definition) is 2. The molecule has 1 aromatic heterocycles. The van der Waals surface area contributed by atoms with E-state index in [9.17, 15) is 4.79 Å². The second kappa shape index (κ2) is 5.70. The van der Waals surface area contributed by atoms with Crippen molar-refractivity contribution < 1.29 is 4.79 Å². The van der Waals surface area contributed by atoms with E-state index in [1.807, 2.05) is 44.3 Å². The van der Waals surface area contributed by atoms with Crippen molar-refractivity contribution in [3.8, 4) is 11.1 Å². The molecular weight excluding hydrogens is 278 g/mol. The quantitative estimate of drug-likeness (QED) is 0.688. The van der Waals surface area contributed by atoms with E-state index >= 15 is 0 Å². The van der Waals surface area contributed by atoms with Crippen molar-refractivity contribution in [2.24, 2.45) is 0 Å². The van der Waals surface area contributed by atoms with Crippen molar-refractivity contribution in [1.82, 2.24) is 4.90 Å². The lowest BCUT2D eigenvalue weighted by Crippen LogP contribution is -2.26. The van der Waals surface area contributed by atoms with Gasteiger partial charge in [0.2, 0.25) is 0 Å². The Bertz CT molecular complexity index is 776. The van der Waals surface area contributed by atoms with Gasteiger partial charge in [0.1, 0.15) is 0 Å². The van der Waals surface area contributed by atoms with Crippen LogP contribution in [0.4, 0.5) is 0 Å². The predicted octanol–water partition coefficient (Wildman–Crippen LogP) is 4.66. The van der Waals surface area contributed by atoms with E-state index < -0.39 is 0 Å². The highest BCUT2D eigenvalue weighted by molar-refractivity contribution is 7.17. The third-order valence-electron chi connectivity index (χ3n) is 3.70. The standard InChI is InChI=1S/C18H17NOS/c1-3-19(2)18(20)15-11-14-9-10-21-17(14)16(12-15)13-7-5-4-6-8-13/h4-12H,3H2,1-2H3. The molecule has 3 aromatic rings. The molecule has 3 rings (SSSR count). The first-order valence-electron chi connectivity index (χ1n) is 7.03. The fraction of sp³-hybridized carbons (Fsp3) is 0.167. The van der Waals surface area contributed by atoms with E-state index in [4.69, 9.17) is 0 Å². The molecule has 0 aliphatic carbocycles. The topological polar surface area (TPSA) is 20.3 Å². The highest BCUT2D eigenvalue weighted by atomic mass is 32.1. The number of nitrogens with zero attached hydrogens (tertiary/aromatic N) is 1. The van der Waals surface area contributed by atoms with E-state index in [0.29, 0.717) is 6.54 Å². The Morgan fingerprint density at radius 2 is 1.90 bits per heavy atom. The molecule has 0 N–H and O–H groups in total. The van der Waals surface area contributed by atoms with Crippen LogP contribution in [0.2, 0.25) is 0 Å². The summed E-state index contributed by atoms with van der Waals surface area (Å²) in [5, 5.41) is 3.21. The summed E-state index contributed by atoms with van der Waals surface area (Å²) < 4.78 is 1.23. The highest BCUT2D eigenvalue weighted by Gasteiger charge is 2.14. The Labute approximate surface area is 128 Å². The van der Waals surface area contributed by atoms with Crippen LogP contribution in [0.1, 0.15) is 17.3 Å². The number of fused-ring (bicyclic) bond motifs is 1. The molecule has 0 bridgehead atoms. The molecule has 0 aliphatic rings. The number of rotatable bonds is 3. The van der Waals surface area contributed by atoms with Gasteiger partial charge in [-0.05, 0) is 41.5 Å². The van der Waals surface area contributed by atoms with Crippen molar-refractivity contribution in [2.45, 2.75) is 6.92 Å². The van der Waals surface area contributed by atoms with Crippen LogP contribution in [-0.2, 0) is 0 Å². The van der Waals surface area contributed by atoms with Gasteiger partial charge in [-0.3, -0.25) is 4.79 Å². The van der Waals surface area contributed by atoms with Crippen molar-refractivity contribution >= 4 is 27.3 Å². The summed E-state index contributed by atoms with van der Waals surface area (Å²) in [6.45, 7) is 2.69. The molecule has 0 unspecified atom stereocenters. The normalized spacial score (nSPS) is 10.8. The Morgan fingerprint density at radius 3 is 2.62 bits per heavy atom. The van der Waals surface area contributed by atoms with Crippen molar-refractivity contribution in [3.05, 3.63) is 59.5 Å². The summed E-state index contributed by atoms with van der Waals surface area (Å²) in [4.78, 5) is 14.2. The van der Waals surface area contributed by atoms with Crippen molar-refractivity contribution in [2.75, 3.05) is 13.6 Å². The molecule has 0 radical (unpaired) electrons. The Kier molecular flexibility index (Phi) is 3.76. The Balaban J connectivity index is 2.19. The van der Waals surface area contributed by atoms with E-state index in [-0.39, 0.29) is 5.91 Å². The minimum atomic E-state index is 0.0720. The fourth-order valence-electron chi connectivity index (χ4n) is 2.40. The number of amides is 1. The molecule has 0 saturated heterocycles. The zero-order valence-corrected chi connectivity index (χ0v) is 13.0. The molecule has 0 aliphatic heterocycles. The van der Waals surface area contributed by atoms with Gasteiger partial charge in [-0.25, -0.2) is 0 Å². The minimum absolute atomic E-state index is 0.0720. The summed E-state index contributed by atoms with van der Waals surface area (Å²) in [6.07, 6.45) is 0. The fourth-order valence-corrected chi connectivity index (χ4v) is 3.32. The molecule has 0 saturated carbocycles. The summed E-state index contributed by atoms with van der Waals surface area (Å²) in [5.41, 5.74) is 3.04. The maximum atomic E-state index is 12.5. The van der Waals surface area contributed by atoms with Crippen LogP contribution in [0.15, 0.2) is 53.9 Å². The number of benzene rings is 2. The monoisotopic (exact) mass is 295 g/mol. The van der Waals surface area contributed by atoms with E-state index in [1.165, 1.54) is 4.70 Å². The van der Waals surface area contributed by atoms with Crippen LogP contribution < -0.4 is 0 Å². The third kappa shape index (κ3) is 2.57. The van der Waals surface area contributed by atoms with Gasteiger partial charge in [0.05, 0.1) is 0 Å². The van der Waals surface area contributed by atoms with E-state index in [2.05, 4.69) is 23.6 Å². The summed E-state index contributed by atoms with van der Waals surface area (Å²) in [7, 11) is 1.84. The lowest BCUT2D eigenvalue weighted by Gasteiger charge is -2.15. The lowest BCUT2D eigenvalue weighted by molar-refractivity contribution is 0.0802. The summed E-state index contributed by atoms with van der Waals surface area (Å²) in [5.74, 6) is 0.0720. The van der Waals surface area contributed by atoms with Crippen molar-refractivity contribution in [1.29, 1.82) is 0 Å². The number of carbonyl (C=O) groups is 1. The number of thiophene rings is 1. The second-order valence-corrected chi connectivity index (χ2v) is 5.96. The van der Waals surface area contributed by atoms with Gasteiger partial charge in [0.25, 0.3) is 5.91 Å². The molecule has 2 aromatic carbocycles. The van der Waals surface area contributed by atoms with Gasteiger partial charge in [0, 0.05) is 29.4 Å². The maximum Gasteiger partial charge on any atom is 0.253 e. The van der Waals surface area contributed by atoms with Crippen LogP contribution >= 0.6 is 11.3 Å². The molecule has 0 spiro atoms. The third-order valence-corrected chi connectivity index (χ3v) is 4.67. The zero-order chi connectivity index (χ0) is 14.8. The van der Waals surface area contributed by atoms with Crippen LogP contribution in [0.25, 0.3) is 21.2 Å². The van der Waals surface area contributed by atoms with Gasteiger partial charge in [-0.1, -0.05) is 30.3 Å². The Morgan fingerprint density at radius 1 is 1.14 bits per heavy atom. The number of hydrogen-bond donors (Lipinski definition) is 0. The highest BCUT2D eigenvalue weighted by Crippen LogP contribution is 2.34. The van der Waals surface area contributed by atoms with E-state index in [0.717, 1.165) is 22.1 Å². The van der Waals surface area contributed by atoms with Crippen LogP contribution in [0.3, 0.4) is 0 Å². The molecule has 1 heterocycles. The lowest BCUT2D eigenvalue weighted by atomic mass is 10.0. The van der Waals surface area contributed by atoms with Gasteiger partial charge < -0.3 is 4.90 Å². The molecule has 3 heteroatoms. The molecule has 21 heavy (non-hydrogen) atoms. The average molecular weight is 295 g/mol. The average Bonchev–Trinajstić information content (AvgIpc) is 3.01. The smallest absolute Gasteiger partial charge is 0.253 e. The SMILES string of the molecule is CCN(C)C(=O)c1cc(-c2ccccc2)c2sccc2c1. The Hall–Kier alpha value is -2.13. The minimum Gasteiger partial charge on any atom is -0.342 e. The largest absolute Gasteiger partial charge is 0.342 e. The van der Waals surface area contributed by atoms with Gasteiger partial charge >= 0.3 is 0 Å². The maximum absolute atomic E-state index is 12.5. The molecule has 1 amide bonds. The van der Waals surface area contributed by atoms with Crippen LogP contribution in [0.5, 0.6) is 0 Å². The molecule has 106 valence electrons. The van der Waals surface area contributed by atoms with Gasteiger partial charge in [-0.15, -0.1) is 11.3 Å². The van der Waals surface area contributed by atoms with Crippen LogP contribution in [-0.4, -0.2) is 24.4 Å². The number of carbonyl (C=O) groups excluding carboxylic acids is 1. The van der Waals surface area contributed by atoms with Gasteiger partial charge in [-0.2, -0.15) is 0 Å². The van der Waals surface area contributed by atoms with Crippen LogP contribution in [0, 0.1) is 0 Å². The molecule has 2 nitrogen and oxygen atoms in total. The molecule has 0 fully saturated rings. The second-order valence-electron chi connectivity index (χ2n) is 5.05. The van der Waals surface area contributed by atoms with Gasteiger partial charge in [0.15, 0.2) is 0 Å². The molecule has 0 atom stereocenters. The summed E-state index contributed by atoms with van der Waals surface area (Å²) >= 11 is 1.72. The predicted molar refractivity (Wildman–Crippen MR) is 89.9 cm³/mol. The first-order chi connectivity index (χ1) is 10.2. The molecular formula is C18H17NOS. The van der Waals surface area contributed by atoms with E-state index in [1.54, 1.807) is 16.2 Å². The first kappa shape index (κ1) is 13.8. The zero-order valence-electron chi connectivity index (χ0n) is 12.2.